The molecule has 1 N–H and O–H groups in total. The molecule has 0 bridgehead atoms. The zero-order valence-electron chi connectivity index (χ0n) is 14.6. The van der Waals surface area contributed by atoms with Gasteiger partial charge in [-0.05, 0) is 54.2 Å². The van der Waals surface area contributed by atoms with E-state index in [1.165, 1.54) is 6.07 Å². The number of aromatic hydroxyl groups is 1. The molecule has 2 aromatic rings. The lowest BCUT2D eigenvalue weighted by atomic mass is 9.67. The molecule has 3 nitrogen and oxygen atoms in total. The fourth-order valence-corrected chi connectivity index (χ4v) is 4.78. The van der Waals surface area contributed by atoms with Crippen molar-refractivity contribution in [2.45, 2.75) is 45.4 Å². The average molecular weight is 375 g/mol. The molecule has 0 saturated heterocycles. The zero-order chi connectivity index (χ0) is 18.5. The molecule has 1 aromatic heterocycles. The van der Waals surface area contributed by atoms with Crippen LogP contribution in [0, 0.1) is 11.2 Å². The second-order valence-corrected chi connectivity index (χ2v) is 7.64. The summed E-state index contributed by atoms with van der Waals surface area (Å²) >= 11 is 6.29. The van der Waals surface area contributed by atoms with E-state index in [0.717, 1.165) is 30.4 Å². The van der Waals surface area contributed by atoms with E-state index in [2.05, 4.69) is 6.92 Å². The standard InChI is InChI=1S/C21H20ClFO3/c1-2-3-7-21-8-6-15(24)17(16-5-4-9-26-16)18(21)12-10-14(23)20(25)19(22)13(12)11-21/h4-5,9-10,25H,2-3,6-8,11H2,1H3. The molecule has 0 saturated carbocycles. The number of phenols is 1. The lowest BCUT2D eigenvalue weighted by molar-refractivity contribution is -0.114. The Morgan fingerprint density at radius 3 is 2.92 bits per heavy atom. The van der Waals surface area contributed by atoms with Crippen molar-refractivity contribution < 1.29 is 18.7 Å². The number of phenolic OH excluding ortho intramolecular Hbond substituents is 1. The second kappa shape index (κ2) is 6.27. The van der Waals surface area contributed by atoms with Crippen LogP contribution in [0.2, 0.25) is 5.02 Å². The van der Waals surface area contributed by atoms with Crippen LogP contribution in [0.4, 0.5) is 4.39 Å². The molecule has 1 heterocycles. The van der Waals surface area contributed by atoms with Crippen molar-refractivity contribution in [3.63, 3.8) is 0 Å². The van der Waals surface area contributed by atoms with Crippen molar-refractivity contribution in [3.8, 4) is 5.75 Å². The second-order valence-electron chi connectivity index (χ2n) is 7.26. The number of rotatable bonds is 4. The number of hydrogen-bond donors (Lipinski definition) is 1. The molecule has 5 heteroatoms. The number of allylic oxidation sites excluding steroid dienone is 2. The molecular weight excluding hydrogens is 355 g/mol. The van der Waals surface area contributed by atoms with Gasteiger partial charge in [-0.1, -0.05) is 31.4 Å². The number of hydrogen-bond acceptors (Lipinski definition) is 3. The molecule has 0 fully saturated rings. The van der Waals surface area contributed by atoms with Crippen LogP contribution >= 0.6 is 11.6 Å². The maximum atomic E-state index is 14.3. The SMILES string of the molecule is CCCCC12CCC(=O)C(c3ccco3)=C1c1cc(F)c(O)c(Cl)c1C2. The molecule has 0 spiro atoms. The van der Waals surface area contributed by atoms with E-state index in [1.807, 2.05) is 0 Å². The van der Waals surface area contributed by atoms with Gasteiger partial charge in [0.2, 0.25) is 0 Å². The highest BCUT2D eigenvalue weighted by molar-refractivity contribution is 6.34. The van der Waals surface area contributed by atoms with Crippen molar-refractivity contribution in [2.75, 3.05) is 0 Å². The Morgan fingerprint density at radius 2 is 2.23 bits per heavy atom. The van der Waals surface area contributed by atoms with Crippen LogP contribution in [0.5, 0.6) is 5.75 Å². The normalized spacial score (nSPS) is 21.9. The van der Waals surface area contributed by atoms with Crippen LogP contribution in [-0.2, 0) is 11.2 Å². The number of halogens is 2. The summed E-state index contributed by atoms with van der Waals surface area (Å²) < 4.78 is 19.8. The first-order valence-corrected chi connectivity index (χ1v) is 9.38. The van der Waals surface area contributed by atoms with Crippen LogP contribution in [0.1, 0.15) is 55.9 Å². The van der Waals surface area contributed by atoms with Gasteiger partial charge in [0.15, 0.2) is 17.3 Å². The Balaban J connectivity index is 2.03. The third-order valence-electron chi connectivity index (χ3n) is 5.75. The minimum absolute atomic E-state index is 0.0135. The van der Waals surface area contributed by atoms with E-state index in [4.69, 9.17) is 16.0 Å². The van der Waals surface area contributed by atoms with Gasteiger partial charge in [0, 0.05) is 11.8 Å². The Labute approximate surface area is 156 Å². The third-order valence-corrected chi connectivity index (χ3v) is 6.15. The number of carbonyl (C=O) groups excluding carboxylic acids is 1. The summed E-state index contributed by atoms with van der Waals surface area (Å²) in [5.41, 5.74) is 2.49. The van der Waals surface area contributed by atoms with Crippen molar-refractivity contribution in [1.82, 2.24) is 0 Å². The fraction of sp³-hybridized carbons (Fsp3) is 0.381. The largest absolute Gasteiger partial charge is 0.504 e. The van der Waals surface area contributed by atoms with Crippen LogP contribution in [0.25, 0.3) is 11.1 Å². The minimum Gasteiger partial charge on any atom is -0.504 e. The number of unbranched alkanes of at least 4 members (excludes halogenated alkanes) is 1. The van der Waals surface area contributed by atoms with E-state index < -0.39 is 11.6 Å². The van der Waals surface area contributed by atoms with Gasteiger partial charge in [0.25, 0.3) is 0 Å². The quantitative estimate of drug-likeness (QED) is 0.737. The van der Waals surface area contributed by atoms with Gasteiger partial charge in [0.05, 0.1) is 16.9 Å². The summed E-state index contributed by atoms with van der Waals surface area (Å²) in [4.78, 5) is 12.8. The highest BCUT2D eigenvalue weighted by Gasteiger charge is 2.48. The summed E-state index contributed by atoms with van der Waals surface area (Å²) in [6.45, 7) is 2.13. The summed E-state index contributed by atoms with van der Waals surface area (Å²) in [6, 6.07) is 4.84. The van der Waals surface area contributed by atoms with E-state index in [1.54, 1.807) is 18.4 Å². The maximum absolute atomic E-state index is 14.3. The Morgan fingerprint density at radius 1 is 1.42 bits per heavy atom. The van der Waals surface area contributed by atoms with Crippen molar-refractivity contribution in [2.24, 2.45) is 5.41 Å². The van der Waals surface area contributed by atoms with Gasteiger partial charge in [-0.25, -0.2) is 4.39 Å². The number of carbonyl (C=O) groups is 1. The lowest BCUT2D eigenvalue weighted by Crippen LogP contribution is -2.28. The number of Topliss-reactive ketones (excluding diaryl/α,β-unsaturated/α-hetero) is 1. The van der Waals surface area contributed by atoms with Crippen LogP contribution in [0.15, 0.2) is 28.9 Å². The topological polar surface area (TPSA) is 50.4 Å². The molecule has 0 aliphatic heterocycles. The summed E-state index contributed by atoms with van der Waals surface area (Å²) in [7, 11) is 0. The molecule has 2 aliphatic rings. The molecule has 0 radical (unpaired) electrons. The van der Waals surface area contributed by atoms with Gasteiger partial charge in [-0.2, -0.15) is 0 Å². The monoisotopic (exact) mass is 374 g/mol. The van der Waals surface area contributed by atoms with Crippen LogP contribution in [0.3, 0.4) is 0 Å². The Bertz CT molecular complexity index is 914. The van der Waals surface area contributed by atoms with Crippen LogP contribution < -0.4 is 0 Å². The first kappa shape index (κ1) is 17.3. The molecule has 1 atom stereocenters. The average Bonchev–Trinajstić information content (AvgIpc) is 3.26. The predicted molar refractivity (Wildman–Crippen MR) is 98.5 cm³/mol. The predicted octanol–water partition coefficient (Wildman–Crippen LogP) is 5.78. The lowest BCUT2D eigenvalue weighted by Gasteiger charge is -2.36. The molecule has 2 aliphatic carbocycles. The van der Waals surface area contributed by atoms with Crippen LogP contribution in [-0.4, -0.2) is 10.9 Å². The molecule has 136 valence electrons. The highest BCUT2D eigenvalue weighted by Crippen LogP contribution is 2.60. The van der Waals surface area contributed by atoms with E-state index >= 15 is 0 Å². The third kappa shape index (κ3) is 2.43. The van der Waals surface area contributed by atoms with E-state index in [0.29, 0.717) is 36.2 Å². The molecule has 26 heavy (non-hydrogen) atoms. The number of furan rings is 1. The first-order chi connectivity index (χ1) is 12.5. The van der Waals surface area contributed by atoms with Gasteiger partial charge in [-0.3, -0.25) is 4.79 Å². The molecule has 0 amide bonds. The van der Waals surface area contributed by atoms with Crippen molar-refractivity contribution in [3.05, 3.63) is 52.2 Å². The Kier molecular flexibility index (Phi) is 4.19. The van der Waals surface area contributed by atoms with Gasteiger partial charge >= 0.3 is 0 Å². The summed E-state index contributed by atoms with van der Waals surface area (Å²) in [5.74, 6) is -0.743. The molecule has 1 unspecified atom stereocenters. The number of fused-ring (bicyclic) bond motifs is 3. The van der Waals surface area contributed by atoms with Gasteiger partial charge in [-0.15, -0.1) is 0 Å². The molecule has 1 aromatic carbocycles. The van der Waals surface area contributed by atoms with Gasteiger partial charge in [0.1, 0.15) is 5.76 Å². The summed E-state index contributed by atoms with van der Waals surface area (Å²) in [6.07, 6.45) is 6.22. The highest BCUT2D eigenvalue weighted by atomic mass is 35.5. The van der Waals surface area contributed by atoms with E-state index in [-0.39, 0.29) is 16.2 Å². The van der Waals surface area contributed by atoms with Gasteiger partial charge < -0.3 is 9.52 Å². The fourth-order valence-electron chi connectivity index (χ4n) is 4.52. The Hall–Kier alpha value is -2.07. The first-order valence-electron chi connectivity index (χ1n) is 9.00. The number of ketones is 1. The zero-order valence-corrected chi connectivity index (χ0v) is 15.3. The minimum atomic E-state index is -0.760. The molecular formula is C21H20ClFO3. The molecule has 4 rings (SSSR count). The van der Waals surface area contributed by atoms with Crippen molar-refractivity contribution in [1.29, 1.82) is 0 Å². The smallest absolute Gasteiger partial charge is 0.170 e. The van der Waals surface area contributed by atoms with E-state index in [9.17, 15) is 14.3 Å². The van der Waals surface area contributed by atoms with Crippen molar-refractivity contribution >= 4 is 28.5 Å². The maximum Gasteiger partial charge on any atom is 0.170 e. The number of benzene rings is 1. The summed E-state index contributed by atoms with van der Waals surface area (Å²) in [5, 5.41) is 10.0.